The minimum atomic E-state index is -1.44. The summed E-state index contributed by atoms with van der Waals surface area (Å²) in [5, 5.41) is 12.8. The highest BCUT2D eigenvalue weighted by Gasteiger charge is 2.40. The van der Waals surface area contributed by atoms with Crippen LogP contribution < -0.4 is 16.0 Å². The number of ketones is 1. The van der Waals surface area contributed by atoms with Gasteiger partial charge in [-0.05, 0) is 29.3 Å². The number of Topliss-reactive ketones (excluding diaryl/α,β-unsaturated/α-hetero) is 1. The number of rotatable bonds is 6. The summed E-state index contributed by atoms with van der Waals surface area (Å²) in [6.45, 7) is 1.12. The van der Waals surface area contributed by atoms with E-state index in [4.69, 9.17) is 0 Å². The summed E-state index contributed by atoms with van der Waals surface area (Å²) in [5.74, 6) is -2.25. The lowest BCUT2D eigenvalue weighted by Crippen LogP contribution is -2.44. The summed E-state index contributed by atoms with van der Waals surface area (Å²) in [6.07, 6.45) is -1.68. The van der Waals surface area contributed by atoms with Gasteiger partial charge >= 0.3 is 6.03 Å². The van der Waals surface area contributed by atoms with Gasteiger partial charge in [0, 0.05) is 36.5 Å². The molecule has 1 saturated heterocycles. The van der Waals surface area contributed by atoms with E-state index in [1.165, 1.54) is 17.7 Å². The minimum absolute atomic E-state index is 0.125. The number of benzene rings is 3. The Labute approximate surface area is 238 Å². The van der Waals surface area contributed by atoms with Crippen LogP contribution in [0.3, 0.4) is 0 Å². The van der Waals surface area contributed by atoms with Crippen molar-refractivity contribution in [3.8, 4) is 11.1 Å². The molecule has 4 aromatic rings. The van der Waals surface area contributed by atoms with E-state index in [0.29, 0.717) is 28.7 Å². The van der Waals surface area contributed by atoms with Crippen molar-refractivity contribution in [2.75, 3.05) is 17.2 Å². The van der Waals surface area contributed by atoms with Crippen molar-refractivity contribution >= 4 is 45.9 Å². The van der Waals surface area contributed by atoms with Crippen molar-refractivity contribution < 1.29 is 28.0 Å². The summed E-state index contributed by atoms with van der Waals surface area (Å²) in [7, 11) is 0. The molecule has 0 saturated carbocycles. The Balaban J connectivity index is 1.22. The molecular formula is C30H26F2N6O4. The largest absolute Gasteiger partial charge is 0.334 e. The highest BCUT2D eigenvalue weighted by atomic mass is 19.1. The molecule has 0 aliphatic carbocycles. The van der Waals surface area contributed by atoms with Gasteiger partial charge in [-0.15, -0.1) is 0 Å². The first-order chi connectivity index (χ1) is 20.2. The van der Waals surface area contributed by atoms with E-state index in [2.05, 4.69) is 21.0 Å². The van der Waals surface area contributed by atoms with Gasteiger partial charge in [0.25, 0.3) is 0 Å². The molecule has 0 radical (unpaired) electrons. The van der Waals surface area contributed by atoms with Crippen LogP contribution in [-0.4, -0.2) is 57.1 Å². The fraction of sp³-hybridized carbons (Fsp3) is 0.233. The lowest BCUT2D eigenvalue weighted by molar-refractivity contribution is -0.137. The lowest BCUT2D eigenvalue weighted by atomic mass is 10.00. The van der Waals surface area contributed by atoms with Gasteiger partial charge in [0.15, 0.2) is 11.6 Å². The van der Waals surface area contributed by atoms with Gasteiger partial charge in [-0.3, -0.25) is 19.1 Å². The Bertz CT molecular complexity index is 1770. The van der Waals surface area contributed by atoms with Crippen molar-refractivity contribution in [1.29, 1.82) is 0 Å². The SMILES string of the molecule is CC(=O)c1nn(CC(=O)N2C[C@H](F)CC2C(=O)Nc2cccc(-c3ccc4c(c3)NC(=O)NC4)c2F)c2ccccc12. The molecule has 0 bridgehead atoms. The molecule has 3 N–H and O–H groups in total. The predicted octanol–water partition coefficient (Wildman–Crippen LogP) is 4.26. The Morgan fingerprint density at radius 2 is 1.90 bits per heavy atom. The molecule has 0 spiro atoms. The second-order valence-corrected chi connectivity index (χ2v) is 10.3. The van der Waals surface area contributed by atoms with Crippen LogP contribution in [0.25, 0.3) is 22.0 Å². The maximum atomic E-state index is 15.6. The number of halogens is 2. The number of para-hydroxylation sites is 1. The monoisotopic (exact) mass is 572 g/mol. The van der Waals surface area contributed by atoms with Gasteiger partial charge in [0.2, 0.25) is 11.8 Å². The van der Waals surface area contributed by atoms with Crippen LogP contribution in [0.4, 0.5) is 25.0 Å². The number of nitrogens with one attached hydrogen (secondary N) is 3. The Hall–Kier alpha value is -5.13. The number of hydrogen-bond acceptors (Lipinski definition) is 5. The molecule has 10 nitrogen and oxygen atoms in total. The molecule has 2 aliphatic heterocycles. The highest BCUT2D eigenvalue weighted by molar-refractivity contribution is 6.05. The molecular weight excluding hydrogens is 546 g/mol. The number of likely N-dealkylation sites (tertiary alicyclic amines) is 1. The van der Waals surface area contributed by atoms with E-state index in [-0.39, 0.29) is 48.3 Å². The number of urea groups is 1. The van der Waals surface area contributed by atoms with Crippen molar-refractivity contribution in [2.45, 2.75) is 38.6 Å². The van der Waals surface area contributed by atoms with Gasteiger partial charge in [0.1, 0.15) is 24.5 Å². The molecule has 3 heterocycles. The molecule has 1 unspecified atom stereocenters. The molecule has 42 heavy (non-hydrogen) atoms. The number of carbonyl (C=O) groups excluding carboxylic acids is 4. The van der Waals surface area contributed by atoms with Crippen LogP contribution in [0.15, 0.2) is 60.7 Å². The Morgan fingerprint density at radius 1 is 1.10 bits per heavy atom. The number of nitrogens with zero attached hydrogens (tertiary/aromatic N) is 3. The summed E-state index contributed by atoms with van der Waals surface area (Å²) < 4.78 is 31.6. The van der Waals surface area contributed by atoms with Crippen LogP contribution in [0.1, 0.15) is 29.4 Å². The normalized spacial score (nSPS) is 17.9. The zero-order valence-electron chi connectivity index (χ0n) is 22.5. The topological polar surface area (TPSA) is 125 Å². The molecule has 6 rings (SSSR count). The highest BCUT2D eigenvalue weighted by Crippen LogP contribution is 2.32. The van der Waals surface area contributed by atoms with Gasteiger partial charge in [-0.2, -0.15) is 5.10 Å². The fourth-order valence-corrected chi connectivity index (χ4v) is 5.46. The van der Waals surface area contributed by atoms with E-state index in [0.717, 1.165) is 10.5 Å². The molecule has 1 fully saturated rings. The van der Waals surface area contributed by atoms with E-state index < -0.39 is 29.8 Å². The van der Waals surface area contributed by atoms with Crippen LogP contribution in [0.2, 0.25) is 0 Å². The van der Waals surface area contributed by atoms with E-state index in [1.54, 1.807) is 54.6 Å². The van der Waals surface area contributed by atoms with Gasteiger partial charge in [-0.1, -0.05) is 42.5 Å². The van der Waals surface area contributed by atoms with Gasteiger partial charge in [-0.25, -0.2) is 13.6 Å². The molecule has 2 aliphatic rings. The zero-order valence-corrected chi connectivity index (χ0v) is 22.5. The number of anilines is 2. The standard InChI is InChI=1S/C30H26F2N6O4/c1-16(39)28-21-5-2-3-8-24(21)38(36-28)15-26(40)37-14-19(31)12-25(37)29(41)34-22-7-4-6-20(27(22)32)17-9-10-18-13-33-30(42)35-23(18)11-17/h2-11,19,25H,12-15H2,1H3,(H,34,41)(H2,33,35,42)/t19-,25?/m1/s1. The molecule has 3 aromatic carbocycles. The maximum absolute atomic E-state index is 15.6. The maximum Gasteiger partial charge on any atom is 0.319 e. The second kappa shape index (κ2) is 10.7. The lowest BCUT2D eigenvalue weighted by Gasteiger charge is -2.24. The number of fused-ring (bicyclic) bond motifs is 2. The molecule has 2 atom stereocenters. The van der Waals surface area contributed by atoms with Crippen molar-refractivity contribution in [2.24, 2.45) is 0 Å². The van der Waals surface area contributed by atoms with Crippen LogP contribution in [0.5, 0.6) is 0 Å². The van der Waals surface area contributed by atoms with E-state index >= 15 is 4.39 Å². The number of carbonyl (C=O) groups is 4. The zero-order chi connectivity index (χ0) is 29.5. The number of hydrogen-bond donors (Lipinski definition) is 3. The minimum Gasteiger partial charge on any atom is -0.334 e. The van der Waals surface area contributed by atoms with Gasteiger partial charge in [0.05, 0.1) is 17.7 Å². The third kappa shape index (κ3) is 4.95. The molecule has 4 amide bonds. The van der Waals surface area contributed by atoms with Crippen LogP contribution in [-0.2, 0) is 22.7 Å². The third-order valence-corrected chi connectivity index (χ3v) is 7.51. The van der Waals surface area contributed by atoms with E-state index in [9.17, 15) is 23.6 Å². The number of amides is 4. The number of aromatic nitrogens is 2. The Morgan fingerprint density at radius 3 is 2.71 bits per heavy atom. The Kier molecular flexibility index (Phi) is 6.89. The van der Waals surface area contributed by atoms with Crippen LogP contribution >= 0.6 is 0 Å². The molecule has 12 heteroatoms. The second-order valence-electron chi connectivity index (χ2n) is 10.3. The summed E-state index contributed by atoms with van der Waals surface area (Å²) in [4.78, 5) is 51.5. The van der Waals surface area contributed by atoms with Crippen molar-refractivity contribution in [1.82, 2.24) is 20.0 Å². The summed E-state index contributed by atoms with van der Waals surface area (Å²) in [5.41, 5.74) is 2.73. The van der Waals surface area contributed by atoms with Crippen LogP contribution in [0, 0.1) is 5.82 Å². The molecule has 1 aromatic heterocycles. The number of alkyl halides is 1. The first kappa shape index (κ1) is 27.1. The van der Waals surface area contributed by atoms with Gasteiger partial charge < -0.3 is 20.9 Å². The van der Waals surface area contributed by atoms with E-state index in [1.807, 2.05) is 0 Å². The smallest absolute Gasteiger partial charge is 0.319 e. The predicted molar refractivity (Wildman–Crippen MR) is 151 cm³/mol. The molecule has 214 valence electrons. The average molecular weight is 573 g/mol. The average Bonchev–Trinajstić information content (AvgIpc) is 3.55. The first-order valence-electron chi connectivity index (χ1n) is 13.4. The first-order valence-corrected chi connectivity index (χ1v) is 13.4. The van der Waals surface area contributed by atoms with Crippen molar-refractivity contribution in [3.63, 3.8) is 0 Å². The summed E-state index contributed by atoms with van der Waals surface area (Å²) >= 11 is 0. The van der Waals surface area contributed by atoms with Crippen molar-refractivity contribution in [3.05, 3.63) is 77.7 Å². The summed E-state index contributed by atoms with van der Waals surface area (Å²) in [6, 6.07) is 15.1. The quantitative estimate of drug-likeness (QED) is 0.298. The third-order valence-electron chi connectivity index (χ3n) is 7.51. The fourth-order valence-electron chi connectivity index (χ4n) is 5.46.